The predicted octanol–water partition coefficient (Wildman–Crippen LogP) is 4.12. The van der Waals surface area contributed by atoms with Crippen molar-refractivity contribution in [1.29, 1.82) is 0 Å². The minimum absolute atomic E-state index is 0.0563. The number of aromatic nitrogens is 2. The summed E-state index contributed by atoms with van der Waals surface area (Å²) in [5.41, 5.74) is 1.20. The van der Waals surface area contributed by atoms with Crippen LogP contribution in [-0.2, 0) is 4.74 Å². The molecule has 12 heteroatoms. The molecule has 4 rings (SSSR count). The molecule has 1 saturated heterocycles. The number of carbonyl (C=O) groups is 1. The number of hydrogen-bond acceptors (Lipinski definition) is 10. The standard InChI is InChI=1S/C28H39N5O6Si/c1-19-18-20(40(4,5)6)8-9-21(19)38-23-11-10-22(39-23)25(34)30-24-26(35-2)31-28(32-27(24)36-3)29-12-7-13-33-14-16-37-17-15-33/h8-11,18H,7,12-17H2,1-6H3,(H,30,34)(H,29,31,32). The fourth-order valence-electron chi connectivity index (χ4n) is 4.24. The summed E-state index contributed by atoms with van der Waals surface area (Å²) in [5.74, 6) is 1.09. The number of morpholine rings is 1. The van der Waals surface area contributed by atoms with E-state index < -0.39 is 14.0 Å². The van der Waals surface area contributed by atoms with Crippen LogP contribution in [0.4, 0.5) is 11.6 Å². The van der Waals surface area contributed by atoms with Crippen LogP contribution in [0.15, 0.2) is 34.7 Å². The average molecular weight is 570 g/mol. The molecule has 0 unspecified atom stereocenters. The van der Waals surface area contributed by atoms with Crippen molar-refractivity contribution in [3.05, 3.63) is 41.7 Å². The molecule has 40 heavy (non-hydrogen) atoms. The maximum atomic E-state index is 13.0. The zero-order chi connectivity index (χ0) is 28.7. The highest BCUT2D eigenvalue weighted by Gasteiger charge is 2.22. The van der Waals surface area contributed by atoms with Gasteiger partial charge in [-0.3, -0.25) is 9.69 Å². The molecule has 1 fully saturated rings. The average Bonchev–Trinajstić information content (AvgIpc) is 3.41. The van der Waals surface area contributed by atoms with Gasteiger partial charge in [-0.1, -0.05) is 37.0 Å². The lowest BCUT2D eigenvalue weighted by molar-refractivity contribution is 0.0378. The number of nitrogens with zero attached hydrogens (tertiary/aromatic N) is 3. The van der Waals surface area contributed by atoms with Crippen molar-refractivity contribution >= 4 is 30.8 Å². The second-order valence-corrected chi connectivity index (χ2v) is 15.7. The van der Waals surface area contributed by atoms with Gasteiger partial charge in [-0.15, -0.1) is 0 Å². The fourth-order valence-corrected chi connectivity index (χ4v) is 5.47. The van der Waals surface area contributed by atoms with E-state index in [1.165, 1.54) is 19.4 Å². The van der Waals surface area contributed by atoms with Crippen LogP contribution in [-0.4, -0.2) is 82.5 Å². The summed E-state index contributed by atoms with van der Waals surface area (Å²) in [5, 5.41) is 7.29. The van der Waals surface area contributed by atoms with Gasteiger partial charge in [-0.2, -0.15) is 9.97 Å². The molecule has 3 aromatic rings. The number of nitrogens with one attached hydrogen (secondary N) is 2. The topological polar surface area (TPSA) is 120 Å². The molecule has 1 aromatic carbocycles. The third-order valence-corrected chi connectivity index (χ3v) is 8.61. The van der Waals surface area contributed by atoms with Gasteiger partial charge in [0.1, 0.15) is 5.75 Å². The van der Waals surface area contributed by atoms with Gasteiger partial charge in [0.15, 0.2) is 11.4 Å². The summed E-state index contributed by atoms with van der Waals surface area (Å²) in [7, 11) is 1.50. The van der Waals surface area contributed by atoms with Crippen LogP contribution in [0.2, 0.25) is 19.6 Å². The van der Waals surface area contributed by atoms with Crippen LogP contribution in [0, 0.1) is 6.92 Å². The molecule has 0 saturated carbocycles. The monoisotopic (exact) mass is 569 g/mol. The Balaban J connectivity index is 1.39. The quantitative estimate of drug-likeness (QED) is 0.243. The normalized spacial score (nSPS) is 14.1. The van der Waals surface area contributed by atoms with Gasteiger partial charge in [0.05, 0.1) is 35.5 Å². The number of anilines is 2. The maximum absolute atomic E-state index is 13.0. The number of methoxy groups -OCH3 is 2. The van der Waals surface area contributed by atoms with Crippen LogP contribution >= 0.6 is 0 Å². The van der Waals surface area contributed by atoms with E-state index in [0.717, 1.165) is 44.8 Å². The van der Waals surface area contributed by atoms with Crippen molar-refractivity contribution in [3.63, 3.8) is 0 Å². The molecule has 2 N–H and O–H groups in total. The predicted molar refractivity (Wildman–Crippen MR) is 156 cm³/mol. The van der Waals surface area contributed by atoms with E-state index in [1.54, 1.807) is 12.1 Å². The minimum atomic E-state index is -1.43. The Hall–Kier alpha value is -3.61. The van der Waals surface area contributed by atoms with Crippen LogP contribution in [0.25, 0.3) is 0 Å². The van der Waals surface area contributed by atoms with Crippen LogP contribution < -0.4 is 30.0 Å². The van der Waals surface area contributed by atoms with Crippen molar-refractivity contribution in [1.82, 2.24) is 14.9 Å². The van der Waals surface area contributed by atoms with E-state index in [1.807, 2.05) is 13.0 Å². The van der Waals surface area contributed by atoms with Gasteiger partial charge in [0.25, 0.3) is 11.9 Å². The largest absolute Gasteiger partial charge is 0.479 e. The molecule has 216 valence electrons. The van der Waals surface area contributed by atoms with Gasteiger partial charge in [0.2, 0.25) is 17.7 Å². The first-order valence-corrected chi connectivity index (χ1v) is 16.9. The van der Waals surface area contributed by atoms with E-state index in [4.69, 9.17) is 23.4 Å². The number of carbonyl (C=O) groups excluding carboxylic acids is 1. The zero-order valence-electron chi connectivity index (χ0n) is 24.1. The molecule has 1 aliphatic heterocycles. The van der Waals surface area contributed by atoms with E-state index >= 15 is 0 Å². The molecule has 0 atom stereocenters. The summed E-state index contributed by atoms with van der Waals surface area (Å²) >= 11 is 0. The lowest BCUT2D eigenvalue weighted by Gasteiger charge is -2.26. The van der Waals surface area contributed by atoms with Crippen molar-refractivity contribution in [2.45, 2.75) is 33.0 Å². The Kier molecular flexibility index (Phi) is 9.66. The number of furan rings is 1. The first kappa shape index (κ1) is 29.4. The van der Waals surface area contributed by atoms with Gasteiger partial charge < -0.3 is 34.0 Å². The zero-order valence-corrected chi connectivity index (χ0v) is 25.1. The van der Waals surface area contributed by atoms with Gasteiger partial charge in [-0.05, 0) is 37.6 Å². The van der Waals surface area contributed by atoms with Crippen molar-refractivity contribution in [2.24, 2.45) is 0 Å². The second-order valence-electron chi connectivity index (χ2n) is 10.6. The van der Waals surface area contributed by atoms with E-state index in [2.05, 4.69) is 57.3 Å². The third kappa shape index (κ3) is 7.52. The summed E-state index contributed by atoms with van der Waals surface area (Å²) in [6.07, 6.45) is 0.914. The van der Waals surface area contributed by atoms with Gasteiger partial charge in [-0.25, -0.2) is 0 Å². The molecule has 0 radical (unpaired) electrons. The highest BCUT2D eigenvalue weighted by molar-refractivity contribution is 6.88. The molecule has 1 aliphatic rings. The Bertz CT molecular complexity index is 1280. The summed E-state index contributed by atoms with van der Waals surface area (Å²) < 4.78 is 27.9. The van der Waals surface area contributed by atoms with Crippen molar-refractivity contribution in [3.8, 4) is 23.5 Å². The Morgan fingerprint density at radius 2 is 1.75 bits per heavy atom. The molecule has 11 nitrogen and oxygen atoms in total. The molecular formula is C28H39N5O6Si. The Labute approximate surface area is 236 Å². The number of aryl methyl sites for hydroxylation is 1. The molecular weight excluding hydrogens is 530 g/mol. The van der Waals surface area contributed by atoms with Crippen LogP contribution in [0.5, 0.6) is 23.5 Å². The summed E-state index contributed by atoms with van der Waals surface area (Å²) in [6.45, 7) is 14.0. The lowest BCUT2D eigenvalue weighted by atomic mass is 10.2. The fraction of sp³-hybridized carbons (Fsp3) is 0.464. The molecule has 2 aromatic heterocycles. The van der Waals surface area contributed by atoms with Crippen LogP contribution in [0.1, 0.15) is 22.5 Å². The maximum Gasteiger partial charge on any atom is 0.291 e. The SMILES string of the molecule is COc1nc(NCCCN2CCOCC2)nc(OC)c1NC(=O)c1ccc(Oc2ccc([Si](C)(C)C)cc2C)o1. The summed E-state index contributed by atoms with van der Waals surface area (Å²) in [4.78, 5) is 24.2. The molecule has 0 bridgehead atoms. The molecule has 0 spiro atoms. The van der Waals surface area contributed by atoms with Crippen molar-refractivity contribution in [2.75, 3.05) is 64.2 Å². The first-order valence-electron chi connectivity index (χ1n) is 13.4. The number of amides is 1. The van der Waals surface area contributed by atoms with Gasteiger partial charge in [0, 0.05) is 25.7 Å². The van der Waals surface area contributed by atoms with Crippen LogP contribution in [0.3, 0.4) is 0 Å². The van der Waals surface area contributed by atoms with Gasteiger partial charge >= 0.3 is 0 Å². The molecule has 0 aliphatic carbocycles. The van der Waals surface area contributed by atoms with E-state index in [9.17, 15) is 4.79 Å². The first-order chi connectivity index (χ1) is 19.2. The van der Waals surface area contributed by atoms with E-state index in [0.29, 0.717) is 18.2 Å². The lowest BCUT2D eigenvalue weighted by Crippen LogP contribution is -2.37. The molecule has 3 heterocycles. The third-order valence-electron chi connectivity index (χ3n) is 6.56. The second kappa shape index (κ2) is 13.2. The molecule has 1 amide bonds. The van der Waals surface area contributed by atoms with E-state index in [-0.39, 0.29) is 29.2 Å². The summed E-state index contributed by atoms with van der Waals surface area (Å²) in [6, 6.07) is 9.33. The van der Waals surface area contributed by atoms with Crippen molar-refractivity contribution < 1.29 is 28.2 Å². The highest BCUT2D eigenvalue weighted by Crippen LogP contribution is 2.33. The number of benzene rings is 1. The highest BCUT2D eigenvalue weighted by atomic mass is 28.3. The smallest absolute Gasteiger partial charge is 0.291 e. The minimum Gasteiger partial charge on any atom is -0.479 e. The number of ether oxygens (including phenoxy) is 4. The Morgan fingerprint density at radius 3 is 2.38 bits per heavy atom. The number of hydrogen-bond donors (Lipinski definition) is 2. The number of rotatable bonds is 12. The Morgan fingerprint density at radius 1 is 1.05 bits per heavy atom.